The van der Waals surface area contributed by atoms with Gasteiger partial charge in [-0.05, 0) is 31.9 Å². The van der Waals surface area contributed by atoms with Crippen LogP contribution >= 0.6 is 12.2 Å². The summed E-state index contributed by atoms with van der Waals surface area (Å²) in [5, 5.41) is 0. The average molecular weight is 330 g/mol. The van der Waals surface area contributed by atoms with Gasteiger partial charge in [0, 0.05) is 18.5 Å². The Bertz CT molecular complexity index is 713. The van der Waals surface area contributed by atoms with Crippen LogP contribution in [0.4, 0.5) is 5.69 Å². The highest BCUT2D eigenvalue weighted by atomic mass is 32.1. The van der Waals surface area contributed by atoms with Crippen molar-refractivity contribution in [2.75, 3.05) is 4.90 Å². The first-order valence-corrected chi connectivity index (χ1v) is 8.05. The molecule has 0 aromatic heterocycles. The van der Waals surface area contributed by atoms with Gasteiger partial charge < -0.3 is 5.73 Å². The Labute approximate surface area is 139 Å². The summed E-state index contributed by atoms with van der Waals surface area (Å²) in [7, 11) is 0. The predicted molar refractivity (Wildman–Crippen MR) is 89.9 cm³/mol. The number of carbonyl (C=O) groups excluding carboxylic acids is 3. The van der Waals surface area contributed by atoms with Gasteiger partial charge in [-0.2, -0.15) is 0 Å². The van der Waals surface area contributed by atoms with Crippen molar-refractivity contribution in [3.63, 3.8) is 0 Å². The molecule has 1 aromatic rings. The fraction of sp³-hybridized carbons (Fsp3) is 0.412. The Morgan fingerprint density at radius 3 is 2.52 bits per heavy atom. The van der Waals surface area contributed by atoms with E-state index in [0.717, 1.165) is 5.56 Å². The minimum absolute atomic E-state index is 0.0447. The van der Waals surface area contributed by atoms with Gasteiger partial charge in [0.05, 0.1) is 11.3 Å². The van der Waals surface area contributed by atoms with E-state index in [4.69, 9.17) is 18.0 Å². The molecule has 1 aliphatic heterocycles. The van der Waals surface area contributed by atoms with Crippen molar-refractivity contribution >= 4 is 40.5 Å². The normalized spacial score (nSPS) is 27.3. The molecule has 23 heavy (non-hydrogen) atoms. The fourth-order valence-corrected chi connectivity index (χ4v) is 4.25. The van der Waals surface area contributed by atoms with Crippen LogP contribution in [0.2, 0.25) is 0 Å². The third-order valence-corrected chi connectivity index (χ3v) is 5.41. The molecule has 2 atom stereocenters. The Balaban J connectivity index is 2.08. The number of thiocarbonyl (C=S) groups is 1. The largest absolute Gasteiger partial charge is 0.370 e. The molecule has 2 amide bonds. The summed E-state index contributed by atoms with van der Waals surface area (Å²) in [6.45, 7) is 1.95. The summed E-state index contributed by atoms with van der Waals surface area (Å²) in [4.78, 5) is 38.7. The number of amides is 2. The number of aryl methyl sites for hydroxylation is 1. The molecule has 2 unspecified atom stereocenters. The second-order valence-electron chi connectivity index (χ2n) is 6.29. The number of benzene rings is 1. The summed E-state index contributed by atoms with van der Waals surface area (Å²) in [6.07, 6.45) is 1.44. The van der Waals surface area contributed by atoms with Crippen molar-refractivity contribution in [2.45, 2.75) is 32.6 Å². The number of Topliss-reactive ketones (excluding diaryl/α,β-unsaturated/α-hetero) is 1. The van der Waals surface area contributed by atoms with Crippen molar-refractivity contribution in [3.05, 3.63) is 29.8 Å². The van der Waals surface area contributed by atoms with E-state index in [2.05, 4.69) is 0 Å². The molecule has 120 valence electrons. The van der Waals surface area contributed by atoms with Crippen LogP contribution in [0.15, 0.2) is 24.3 Å². The topological polar surface area (TPSA) is 80.5 Å². The molecule has 3 rings (SSSR count). The van der Waals surface area contributed by atoms with Crippen LogP contribution < -0.4 is 10.6 Å². The molecule has 0 bridgehead atoms. The van der Waals surface area contributed by atoms with Gasteiger partial charge >= 0.3 is 0 Å². The van der Waals surface area contributed by atoms with E-state index in [1.165, 1.54) is 4.90 Å². The number of hydrogen-bond acceptors (Lipinski definition) is 4. The zero-order valence-corrected chi connectivity index (χ0v) is 13.7. The van der Waals surface area contributed by atoms with Crippen molar-refractivity contribution in [3.8, 4) is 0 Å². The van der Waals surface area contributed by atoms with Crippen molar-refractivity contribution in [1.29, 1.82) is 0 Å². The highest BCUT2D eigenvalue weighted by Crippen LogP contribution is 2.51. The second-order valence-corrected chi connectivity index (χ2v) is 6.67. The van der Waals surface area contributed by atoms with Gasteiger partial charge in [-0.15, -0.1) is 0 Å². The van der Waals surface area contributed by atoms with Gasteiger partial charge in [-0.3, -0.25) is 19.3 Å². The van der Waals surface area contributed by atoms with E-state index in [1.54, 1.807) is 12.1 Å². The molecule has 5 nitrogen and oxygen atoms in total. The third kappa shape index (κ3) is 2.28. The van der Waals surface area contributed by atoms with Gasteiger partial charge in [0.25, 0.3) is 0 Å². The molecule has 2 aliphatic rings. The Kier molecular flexibility index (Phi) is 3.80. The van der Waals surface area contributed by atoms with E-state index in [0.29, 0.717) is 29.9 Å². The zero-order chi connectivity index (χ0) is 16.8. The van der Waals surface area contributed by atoms with Crippen LogP contribution in [0.3, 0.4) is 0 Å². The Morgan fingerprint density at radius 2 is 2.00 bits per heavy atom. The third-order valence-electron chi connectivity index (χ3n) is 4.87. The minimum atomic E-state index is -1.04. The molecular formula is C17H18N2O3S. The van der Waals surface area contributed by atoms with Crippen LogP contribution in [-0.2, 0) is 14.4 Å². The van der Waals surface area contributed by atoms with Crippen LogP contribution in [0.25, 0.3) is 0 Å². The van der Waals surface area contributed by atoms with Gasteiger partial charge in [0.1, 0.15) is 10.8 Å². The average Bonchev–Trinajstić information content (AvgIpc) is 2.96. The van der Waals surface area contributed by atoms with E-state index >= 15 is 0 Å². The number of hydrogen-bond donors (Lipinski definition) is 1. The first-order valence-electron chi connectivity index (χ1n) is 7.64. The Morgan fingerprint density at radius 1 is 1.35 bits per heavy atom. The van der Waals surface area contributed by atoms with Gasteiger partial charge in [0.2, 0.25) is 11.8 Å². The number of ketones is 1. The summed E-state index contributed by atoms with van der Waals surface area (Å²) in [6, 6.07) is 7.38. The van der Waals surface area contributed by atoms with Gasteiger partial charge in [-0.25, -0.2) is 0 Å². The summed E-state index contributed by atoms with van der Waals surface area (Å²) in [5.41, 5.74) is 5.98. The van der Waals surface area contributed by atoms with Crippen molar-refractivity contribution < 1.29 is 14.4 Å². The minimum Gasteiger partial charge on any atom is -0.370 e. The molecule has 1 saturated heterocycles. The lowest BCUT2D eigenvalue weighted by molar-refractivity contribution is -0.133. The molecule has 1 saturated carbocycles. The first-order chi connectivity index (χ1) is 10.9. The number of primary amides is 1. The number of rotatable bonds is 3. The SMILES string of the molecule is Cc1ccc(N2C(=O)C(CC(N)=O)C3(CCCC3=O)C2=S)cc1. The van der Waals surface area contributed by atoms with Crippen LogP contribution in [0, 0.1) is 18.3 Å². The van der Waals surface area contributed by atoms with E-state index in [1.807, 2.05) is 19.1 Å². The molecule has 6 heteroatoms. The number of nitrogens with two attached hydrogens (primary N) is 1. The maximum Gasteiger partial charge on any atom is 0.237 e. The molecular weight excluding hydrogens is 312 g/mol. The lowest BCUT2D eigenvalue weighted by atomic mass is 9.73. The van der Waals surface area contributed by atoms with E-state index in [-0.39, 0.29) is 18.1 Å². The number of anilines is 1. The highest BCUT2D eigenvalue weighted by molar-refractivity contribution is 7.81. The lowest BCUT2D eigenvalue weighted by Crippen LogP contribution is -2.40. The summed E-state index contributed by atoms with van der Waals surface area (Å²) >= 11 is 5.54. The molecule has 0 radical (unpaired) electrons. The molecule has 2 fully saturated rings. The standard InChI is InChI=1S/C17H18N2O3S/c1-10-4-6-11(7-5-10)19-15(22)12(9-14(18)21)17(16(19)23)8-2-3-13(17)20/h4-7,12H,2-3,8-9H2,1H3,(H2,18,21). The van der Waals surface area contributed by atoms with Crippen molar-refractivity contribution in [2.24, 2.45) is 17.1 Å². The molecule has 2 N–H and O–H groups in total. The van der Waals surface area contributed by atoms with Crippen molar-refractivity contribution in [1.82, 2.24) is 0 Å². The molecule has 1 heterocycles. The summed E-state index contributed by atoms with van der Waals surface area (Å²) < 4.78 is 0. The molecule has 1 aromatic carbocycles. The molecule has 1 spiro atoms. The quantitative estimate of drug-likeness (QED) is 0.858. The van der Waals surface area contributed by atoms with Crippen LogP contribution in [0.1, 0.15) is 31.2 Å². The fourth-order valence-electron chi connectivity index (χ4n) is 3.70. The van der Waals surface area contributed by atoms with Gasteiger partial charge in [-0.1, -0.05) is 29.9 Å². The number of carbonyl (C=O) groups is 3. The first kappa shape index (κ1) is 15.8. The Hall–Kier alpha value is -2.08. The summed E-state index contributed by atoms with van der Waals surface area (Å²) in [5.74, 6) is -1.70. The monoisotopic (exact) mass is 330 g/mol. The maximum atomic E-state index is 12.9. The second kappa shape index (κ2) is 5.53. The molecule has 1 aliphatic carbocycles. The zero-order valence-electron chi connectivity index (χ0n) is 12.9. The predicted octanol–water partition coefficient (Wildman–Crippen LogP) is 1.90. The highest BCUT2D eigenvalue weighted by Gasteiger charge is 2.62. The van der Waals surface area contributed by atoms with E-state index < -0.39 is 17.2 Å². The van der Waals surface area contributed by atoms with Crippen LogP contribution in [-0.4, -0.2) is 22.6 Å². The van der Waals surface area contributed by atoms with Crippen LogP contribution in [0.5, 0.6) is 0 Å². The lowest BCUT2D eigenvalue weighted by Gasteiger charge is -2.26. The maximum absolute atomic E-state index is 12.9. The number of nitrogens with zero attached hydrogens (tertiary/aromatic N) is 1. The van der Waals surface area contributed by atoms with E-state index in [9.17, 15) is 14.4 Å². The smallest absolute Gasteiger partial charge is 0.237 e. The van der Waals surface area contributed by atoms with Gasteiger partial charge in [0.15, 0.2) is 0 Å².